The molecular weight excluding hydrogens is 233 g/mol. The van der Waals surface area contributed by atoms with Gasteiger partial charge in [0.05, 0.1) is 5.56 Å². The average molecular weight is 246 g/mol. The minimum Gasteiger partial charge on any atom is -0.473 e. The highest BCUT2D eigenvalue weighted by molar-refractivity contribution is 5.42. The van der Waals surface area contributed by atoms with Gasteiger partial charge in [-0.2, -0.15) is 18.2 Å². The zero-order valence-electron chi connectivity index (χ0n) is 9.51. The lowest BCUT2D eigenvalue weighted by molar-refractivity contribution is -0.137. The van der Waals surface area contributed by atoms with Crippen molar-refractivity contribution in [1.82, 2.24) is 4.98 Å². The summed E-state index contributed by atoms with van der Waals surface area (Å²) in [6.45, 7) is 1.98. The number of aromatic nitrogens is 1. The molecule has 1 aromatic heterocycles. The molecule has 0 radical (unpaired) electrons. The number of hydrogen-bond donors (Lipinski definition) is 1. The van der Waals surface area contributed by atoms with Gasteiger partial charge in [0.1, 0.15) is 12.4 Å². The van der Waals surface area contributed by atoms with Gasteiger partial charge in [-0.1, -0.05) is 12.2 Å². The van der Waals surface area contributed by atoms with Crippen molar-refractivity contribution in [2.24, 2.45) is 0 Å². The van der Waals surface area contributed by atoms with E-state index in [0.717, 1.165) is 12.1 Å². The largest absolute Gasteiger partial charge is 0.473 e. The van der Waals surface area contributed by atoms with E-state index in [4.69, 9.17) is 4.74 Å². The first-order chi connectivity index (χ1) is 7.97. The summed E-state index contributed by atoms with van der Waals surface area (Å²) in [6.07, 6.45) is -0.985. The van der Waals surface area contributed by atoms with Crippen LogP contribution in [0.2, 0.25) is 0 Å². The summed E-state index contributed by atoms with van der Waals surface area (Å²) >= 11 is 0. The van der Waals surface area contributed by atoms with Gasteiger partial charge in [0.15, 0.2) is 0 Å². The number of ether oxygens (including phenoxy) is 1. The van der Waals surface area contributed by atoms with Crippen LogP contribution in [0, 0.1) is 0 Å². The maximum Gasteiger partial charge on any atom is 0.416 e. The molecule has 3 nitrogen and oxygen atoms in total. The number of allylic oxidation sites excluding steroid dienone is 1. The number of halogens is 3. The summed E-state index contributed by atoms with van der Waals surface area (Å²) < 4.78 is 42.7. The van der Waals surface area contributed by atoms with Gasteiger partial charge in [0, 0.05) is 13.1 Å². The zero-order chi connectivity index (χ0) is 12.9. The minimum absolute atomic E-state index is 0.0534. The molecule has 0 saturated carbocycles. The van der Waals surface area contributed by atoms with E-state index in [1.807, 2.05) is 0 Å². The Morgan fingerprint density at radius 2 is 2.12 bits per heavy atom. The Bertz CT molecular complexity index is 402. The van der Waals surface area contributed by atoms with Crippen LogP contribution in [-0.2, 0) is 6.18 Å². The summed E-state index contributed by atoms with van der Waals surface area (Å²) in [5, 5.41) is 2.56. The monoisotopic (exact) mass is 246 g/mol. The Labute approximate surface area is 97.3 Å². The number of rotatable bonds is 4. The van der Waals surface area contributed by atoms with Crippen molar-refractivity contribution in [2.75, 3.05) is 19.0 Å². The molecule has 6 heteroatoms. The number of pyridine rings is 1. The van der Waals surface area contributed by atoms with Crippen molar-refractivity contribution in [3.8, 4) is 5.88 Å². The van der Waals surface area contributed by atoms with E-state index in [0.29, 0.717) is 0 Å². The van der Waals surface area contributed by atoms with E-state index in [1.165, 1.54) is 7.05 Å². The molecule has 0 aliphatic heterocycles. The third-order valence-electron chi connectivity index (χ3n) is 1.95. The van der Waals surface area contributed by atoms with Gasteiger partial charge in [-0.25, -0.2) is 0 Å². The Kier molecular flexibility index (Phi) is 4.37. The molecule has 0 atom stereocenters. The standard InChI is InChI=1S/C11H13F3N2O/c1-3-4-5-17-10-7-8(11(12,13)14)6-9(15-2)16-10/h3-4,6-7H,5H2,1-2H3,(H,15,16)/b4-3+. The second-order valence-corrected chi connectivity index (χ2v) is 3.21. The van der Waals surface area contributed by atoms with Gasteiger partial charge in [0.25, 0.3) is 0 Å². The van der Waals surface area contributed by atoms with Crippen LogP contribution in [0.3, 0.4) is 0 Å². The molecule has 1 N–H and O–H groups in total. The molecule has 0 saturated heterocycles. The fourth-order valence-electron chi connectivity index (χ4n) is 1.10. The van der Waals surface area contributed by atoms with Crippen LogP contribution in [-0.4, -0.2) is 18.6 Å². The second-order valence-electron chi connectivity index (χ2n) is 3.21. The summed E-state index contributed by atoms with van der Waals surface area (Å²) in [6, 6.07) is 1.81. The van der Waals surface area contributed by atoms with Crippen molar-refractivity contribution < 1.29 is 17.9 Å². The maximum absolute atomic E-state index is 12.5. The van der Waals surface area contributed by atoms with Crippen molar-refractivity contribution in [2.45, 2.75) is 13.1 Å². The predicted octanol–water partition coefficient (Wildman–Crippen LogP) is 3.10. The molecule has 0 aromatic carbocycles. The van der Waals surface area contributed by atoms with E-state index >= 15 is 0 Å². The highest BCUT2D eigenvalue weighted by atomic mass is 19.4. The normalized spacial score (nSPS) is 11.8. The second kappa shape index (κ2) is 5.56. The molecule has 1 rings (SSSR count). The van der Waals surface area contributed by atoms with Crippen molar-refractivity contribution in [3.63, 3.8) is 0 Å². The molecular formula is C11H13F3N2O. The molecule has 0 amide bonds. The molecule has 0 aliphatic rings. The van der Waals surface area contributed by atoms with E-state index in [-0.39, 0.29) is 18.3 Å². The molecule has 0 fully saturated rings. The first kappa shape index (κ1) is 13.3. The molecule has 94 valence electrons. The average Bonchev–Trinajstić information content (AvgIpc) is 2.28. The number of anilines is 1. The highest BCUT2D eigenvalue weighted by Crippen LogP contribution is 2.32. The van der Waals surface area contributed by atoms with Crippen molar-refractivity contribution in [3.05, 3.63) is 29.8 Å². The third kappa shape index (κ3) is 3.97. The van der Waals surface area contributed by atoms with Crippen molar-refractivity contribution >= 4 is 5.82 Å². The van der Waals surface area contributed by atoms with Gasteiger partial charge in [0.2, 0.25) is 5.88 Å². The van der Waals surface area contributed by atoms with E-state index in [1.54, 1.807) is 19.1 Å². The fourth-order valence-corrected chi connectivity index (χ4v) is 1.10. The quantitative estimate of drug-likeness (QED) is 0.829. The molecule has 0 aliphatic carbocycles. The van der Waals surface area contributed by atoms with Gasteiger partial charge >= 0.3 is 6.18 Å². The van der Waals surface area contributed by atoms with E-state index in [9.17, 15) is 13.2 Å². The molecule has 17 heavy (non-hydrogen) atoms. The number of nitrogens with one attached hydrogen (secondary N) is 1. The summed E-state index contributed by atoms with van der Waals surface area (Å²) in [4.78, 5) is 3.87. The Morgan fingerprint density at radius 3 is 2.65 bits per heavy atom. The predicted molar refractivity (Wildman–Crippen MR) is 59.1 cm³/mol. The van der Waals surface area contributed by atoms with Gasteiger partial charge in [-0.3, -0.25) is 0 Å². The molecule has 0 spiro atoms. The Balaban J connectivity index is 2.97. The molecule has 0 unspecified atom stereocenters. The van der Waals surface area contributed by atoms with Gasteiger partial charge < -0.3 is 10.1 Å². The molecule has 0 bridgehead atoms. The van der Waals surface area contributed by atoms with Crippen LogP contribution in [0.25, 0.3) is 0 Å². The molecule has 1 heterocycles. The van der Waals surface area contributed by atoms with E-state index in [2.05, 4.69) is 10.3 Å². The van der Waals surface area contributed by atoms with Crippen LogP contribution in [0.5, 0.6) is 5.88 Å². The summed E-state index contributed by atoms with van der Waals surface area (Å²) in [7, 11) is 1.50. The van der Waals surface area contributed by atoms with E-state index < -0.39 is 11.7 Å². The Hall–Kier alpha value is -1.72. The lowest BCUT2D eigenvalue weighted by Crippen LogP contribution is -2.08. The Morgan fingerprint density at radius 1 is 1.41 bits per heavy atom. The van der Waals surface area contributed by atoms with Gasteiger partial charge in [-0.15, -0.1) is 0 Å². The summed E-state index contributed by atoms with van der Waals surface area (Å²) in [5.41, 5.74) is -0.785. The first-order valence-electron chi connectivity index (χ1n) is 4.98. The van der Waals surface area contributed by atoms with Crippen LogP contribution in [0.1, 0.15) is 12.5 Å². The summed E-state index contributed by atoms with van der Waals surface area (Å²) in [5.74, 6) is 0.0672. The smallest absolute Gasteiger partial charge is 0.416 e. The highest BCUT2D eigenvalue weighted by Gasteiger charge is 2.31. The lowest BCUT2D eigenvalue weighted by atomic mass is 10.2. The number of nitrogens with zero attached hydrogens (tertiary/aromatic N) is 1. The van der Waals surface area contributed by atoms with Crippen molar-refractivity contribution in [1.29, 1.82) is 0 Å². The molecule has 1 aromatic rings. The van der Waals surface area contributed by atoms with Crippen LogP contribution in [0.15, 0.2) is 24.3 Å². The topological polar surface area (TPSA) is 34.1 Å². The fraction of sp³-hybridized carbons (Fsp3) is 0.364. The SMILES string of the molecule is C/C=C/COc1cc(C(F)(F)F)cc(NC)n1. The maximum atomic E-state index is 12.5. The van der Waals surface area contributed by atoms with Gasteiger partial charge in [-0.05, 0) is 13.0 Å². The first-order valence-corrected chi connectivity index (χ1v) is 4.98. The lowest BCUT2D eigenvalue weighted by Gasteiger charge is -2.11. The number of hydrogen-bond acceptors (Lipinski definition) is 3. The van der Waals surface area contributed by atoms with Crippen LogP contribution in [0.4, 0.5) is 19.0 Å². The minimum atomic E-state index is -4.41. The zero-order valence-corrected chi connectivity index (χ0v) is 9.51. The van der Waals surface area contributed by atoms with Crippen LogP contribution >= 0.6 is 0 Å². The number of alkyl halides is 3. The third-order valence-corrected chi connectivity index (χ3v) is 1.95. The van der Waals surface area contributed by atoms with Crippen LogP contribution < -0.4 is 10.1 Å².